The smallest absolute Gasteiger partial charge is 0.119 e. The van der Waals surface area contributed by atoms with Gasteiger partial charge in [0, 0.05) is 6.61 Å². The minimum Gasteiger partial charge on any atom is -0.491 e. The van der Waals surface area contributed by atoms with Crippen LogP contribution in [0.25, 0.3) is 0 Å². The van der Waals surface area contributed by atoms with Crippen molar-refractivity contribution in [2.45, 2.75) is 6.92 Å². The van der Waals surface area contributed by atoms with Gasteiger partial charge in [0.25, 0.3) is 0 Å². The molecule has 0 aliphatic carbocycles. The highest BCUT2D eigenvalue weighted by Gasteiger charge is 1.97. The highest BCUT2D eigenvalue weighted by Crippen LogP contribution is 2.07. The zero-order chi connectivity index (χ0) is 29.9. The van der Waals surface area contributed by atoms with Gasteiger partial charge in [-0.05, 0) is 19.1 Å². The van der Waals surface area contributed by atoms with Crippen molar-refractivity contribution in [1.29, 1.82) is 0 Å². The summed E-state index contributed by atoms with van der Waals surface area (Å²) in [4.78, 5) is 0. The molecule has 246 valence electrons. The molecule has 1 aromatic rings. The van der Waals surface area contributed by atoms with Crippen LogP contribution in [0.1, 0.15) is 6.92 Å². The minimum atomic E-state index is 0.515. The zero-order valence-electron chi connectivity index (χ0n) is 25.5. The minimum absolute atomic E-state index is 0.515. The van der Waals surface area contributed by atoms with Crippen LogP contribution in [0, 0.1) is 0 Å². The molecule has 0 amide bonds. The summed E-state index contributed by atoms with van der Waals surface area (Å²) in [6.45, 7) is 14.4. The van der Waals surface area contributed by atoms with Gasteiger partial charge >= 0.3 is 0 Å². The molecule has 0 saturated carbocycles. The van der Waals surface area contributed by atoms with E-state index < -0.39 is 0 Å². The Bertz CT molecular complexity index is 626. The van der Waals surface area contributed by atoms with Crippen LogP contribution in [0.2, 0.25) is 0 Å². The molecule has 0 fully saturated rings. The first-order valence-corrected chi connectivity index (χ1v) is 15.0. The van der Waals surface area contributed by atoms with Crippen molar-refractivity contribution in [2.24, 2.45) is 0 Å². The van der Waals surface area contributed by atoms with Crippen LogP contribution in [0.4, 0.5) is 0 Å². The number of rotatable bonds is 35. The molecule has 0 saturated heterocycles. The molecule has 1 aromatic carbocycles. The quantitative estimate of drug-likeness (QED) is 0.106. The van der Waals surface area contributed by atoms with Gasteiger partial charge in [-0.1, -0.05) is 18.2 Å². The van der Waals surface area contributed by atoms with Gasteiger partial charge in [-0.2, -0.15) is 0 Å². The van der Waals surface area contributed by atoms with Crippen molar-refractivity contribution >= 4 is 0 Å². The topological polar surface area (TPSA) is 111 Å². The molecular weight excluding hydrogens is 552 g/mol. The van der Waals surface area contributed by atoms with E-state index in [9.17, 15) is 0 Å². The van der Waals surface area contributed by atoms with Gasteiger partial charge in [-0.3, -0.25) is 0 Å². The van der Waals surface area contributed by atoms with Gasteiger partial charge in [0.1, 0.15) is 12.4 Å². The Labute approximate surface area is 252 Å². The molecule has 1 rings (SSSR count). The van der Waals surface area contributed by atoms with E-state index in [4.69, 9.17) is 56.8 Å². The summed E-state index contributed by atoms with van der Waals surface area (Å²) in [5, 5.41) is 0. The summed E-state index contributed by atoms with van der Waals surface area (Å²) >= 11 is 0. The Balaban J connectivity index is 1.61. The molecule has 0 aliphatic rings. The summed E-state index contributed by atoms with van der Waals surface area (Å²) < 4.78 is 65.2. The lowest BCUT2D eigenvalue weighted by Gasteiger charge is -2.09. The van der Waals surface area contributed by atoms with E-state index in [1.807, 2.05) is 37.3 Å². The maximum atomic E-state index is 5.55. The lowest BCUT2D eigenvalue weighted by molar-refractivity contribution is -0.0276. The fourth-order valence-electron chi connectivity index (χ4n) is 3.08. The highest BCUT2D eigenvalue weighted by molar-refractivity contribution is 5.20. The molecule has 0 spiro atoms. The Kier molecular flexibility index (Phi) is 31.3. The molecular formula is C30H54O12. The molecule has 0 aliphatic heterocycles. The van der Waals surface area contributed by atoms with Gasteiger partial charge in [-0.15, -0.1) is 0 Å². The molecule has 0 atom stereocenters. The molecule has 42 heavy (non-hydrogen) atoms. The second kappa shape index (κ2) is 34.1. The van der Waals surface area contributed by atoms with E-state index in [1.54, 1.807) is 0 Å². The van der Waals surface area contributed by atoms with Crippen LogP contribution in [0.5, 0.6) is 5.75 Å². The molecule has 0 radical (unpaired) electrons. The van der Waals surface area contributed by atoms with Gasteiger partial charge < -0.3 is 56.8 Å². The summed E-state index contributed by atoms with van der Waals surface area (Å²) in [5.41, 5.74) is 0. The third-order valence-electron chi connectivity index (χ3n) is 5.16. The Morgan fingerprint density at radius 1 is 0.310 bits per heavy atom. The molecule has 0 heterocycles. The second-order valence-corrected chi connectivity index (χ2v) is 8.48. The van der Waals surface area contributed by atoms with Gasteiger partial charge in [-0.25, -0.2) is 0 Å². The van der Waals surface area contributed by atoms with Crippen molar-refractivity contribution in [3.63, 3.8) is 0 Å². The lowest BCUT2D eigenvalue weighted by Crippen LogP contribution is -2.15. The summed E-state index contributed by atoms with van der Waals surface area (Å²) in [6, 6.07) is 9.67. The first-order chi connectivity index (χ1) is 20.9. The molecule has 12 heteroatoms. The average molecular weight is 607 g/mol. The third kappa shape index (κ3) is 30.1. The predicted molar refractivity (Wildman–Crippen MR) is 157 cm³/mol. The van der Waals surface area contributed by atoms with E-state index in [-0.39, 0.29) is 0 Å². The van der Waals surface area contributed by atoms with Gasteiger partial charge in [0.05, 0.1) is 139 Å². The van der Waals surface area contributed by atoms with Crippen LogP contribution in [-0.4, -0.2) is 152 Å². The van der Waals surface area contributed by atoms with Crippen LogP contribution < -0.4 is 4.74 Å². The van der Waals surface area contributed by atoms with Crippen LogP contribution in [0.3, 0.4) is 0 Å². The molecule has 0 unspecified atom stereocenters. The lowest BCUT2D eigenvalue weighted by atomic mass is 10.3. The first kappa shape index (κ1) is 38.6. The molecule has 0 N–H and O–H groups in total. The van der Waals surface area contributed by atoms with Crippen LogP contribution in [-0.2, 0) is 52.1 Å². The fraction of sp³-hybridized carbons (Fsp3) is 0.800. The van der Waals surface area contributed by atoms with Crippen molar-refractivity contribution < 1.29 is 56.8 Å². The van der Waals surface area contributed by atoms with Crippen molar-refractivity contribution in [2.75, 3.05) is 152 Å². The van der Waals surface area contributed by atoms with Crippen LogP contribution >= 0.6 is 0 Å². The highest BCUT2D eigenvalue weighted by atomic mass is 16.6. The number of hydrogen-bond acceptors (Lipinski definition) is 12. The van der Waals surface area contributed by atoms with E-state index >= 15 is 0 Å². The number of ether oxygens (including phenoxy) is 12. The Hall–Kier alpha value is -1.42. The third-order valence-corrected chi connectivity index (χ3v) is 5.16. The predicted octanol–water partition coefficient (Wildman–Crippen LogP) is 2.27. The first-order valence-electron chi connectivity index (χ1n) is 15.0. The SMILES string of the molecule is CCOCCOCCOCCOCCOCCOCCOCCOCCOCCOCCOCCOc1ccccc1. The Morgan fingerprint density at radius 2 is 0.548 bits per heavy atom. The van der Waals surface area contributed by atoms with E-state index in [2.05, 4.69) is 0 Å². The number of para-hydroxylation sites is 1. The Morgan fingerprint density at radius 3 is 0.810 bits per heavy atom. The summed E-state index contributed by atoms with van der Waals surface area (Å²) in [6.07, 6.45) is 0. The van der Waals surface area contributed by atoms with Crippen molar-refractivity contribution in [3.8, 4) is 5.75 Å². The molecule has 0 aromatic heterocycles. The van der Waals surface area contributed by atoms with Crippen molar-refractivity contribution in [3.05, 3.63) is 30.3 Å². The van der Waals surface area contributed by atoms with E-state index in [0.717, 1.165) is 5.75 Å². The number of benzene rings is 1. The normalized spacial score (nSPS) is 11.4. The van der Waals surface area contributed by atoms with Crippen LogP contribution in [0.15, 0.2) is 30.3 Å². The maximum absolute atomic E-state index is 5.55. The average Bonchev–Trinajstić information content (AvgIpc) is 3.01. The van der Waals surface area contributed by atoms with Gasteiger partial charge in [0.15, 0.2) is 0 Å². The van der Waals surface area contributed by atoms with Crippen molar-refractivity contribution in [1.82, 2.24) is 0 Å². The fourth-order valence-corrected chi connectivity index (χ4v) is 3.08. The maximum Gasteiger partial charge on any atom is 0.119 e. The molecule has 12 nitrogen and oxygen atoms in total. The second-order valence-electron chi connectivity index (χ2n) is 8.48. The van der Waals surface area contributed by atoms with E-state index in [1.165, 1.54) is 0 Å². The standard InChI is InChI=1S/C30H54O12/c1-2-31-8-9-32-10-11-33-12-13-34-14-15-35-16-17-36-18-19-37-20-21-38-22-23-39-24-25-40-26-27-41-28-29-42-30-6-4-3-5-7-30/h3-7H,2,8-29H2,1H3. The summed E-state index contributed by atoms with van der Waals surface area (Å²) in [7, 11) is 0. The number of hydrogen-bond donors (Lipinski definition) is 0. The zero-order valence-corrected chi connectivity index (χ0v) is 25.5. The van der Waals surface area contributed by atoms with Gasteiger partial charge in [0.2, 0.25) is 0 Å². The largest absolute Gasteiger partial charge is 0.491 e. The monoisotopic (exact) mass is 606 g/mol. The van der Waals surface area contributed by atoms with E-state index in [0.29, 0.717) is 152 Å². The summed E-state index contributed by atoms with van der Waals surface area (Å²) in [5.74, 6) is 0.845. The molecule has 0 bridgehead atoms.